The molecule has 180 valence electrons. The predicted molar refractivity (Wildman–Crippen MR) is 129 cm³/mol. The Morgan fingerprint density at radius 2 is 1.57 bits per heavy atom. The van der Waals surface area contributed by atoms with E-state index in [4.69, 9.17) is 23.2 Å². The van der Waals surface area contributed by atoms with Crippen LogP contribution in [0.1, 0.15) is 24.3 Å². The molecule has 4 amide bonds. The lowest BCUT2D eigenvalue weighted by Crippen LogP contribution is -2.60. The second-order valence-electron chi connectivity index (χ2n) is 9.95. The molecule has 2 aliphatic heterocycles. The van der Waals surface area contributed by atoms with E-state index in [0.29, 0.717) is 22.8 Å². The van der Waals surface area contributed by atoms with Gasteiger partial charge in [-0.15, -0.1) is 23.2 Å². The first kappa shape index (κ1) is 22.6. The highest BCUT2D eigenvalue weighted by Gasteiger charge is 2.75. The van der Waals surface area contributed by atoms with E-state index in [-0.39, 0.29) is 24.0 Å². The zero-order valence-corrected chi connectivity index (χ0v) is 20.5. The minimum atomic E-state index is -1.84. The van der Waals surface area contributed by atoms with Gasteiger partial charge < -0.3 is 5.11 Å². The summed E-state index contributed by atoms with van der Waals surface area (Å²) in [5.41, 5.74) is 1.37. The van der Waals surface area contributed by atoms with Crippen LogP contribution >= 0.6 is 23.2 Å². The average Bonchev–Trinajstić information content (AvgIpc) is 3.15. The van der Waals surface area contributed by atoms with Gasteiger partial charge in [0, 0.05) is 25.4 Å². The Morgan fingerprint density at radius 3 is 2.29 bits per heavy atom. The Balaban J connectivity index is 1.65. The fraction of sp³-hybridized carbons (Fsp3) is 0.385. The number of allylic oxidation sites excluding steroid dienone is 2. The van der Waals surface area contributed by atoms with Crippen molar-refractivity contribution in [1.29, 1.82) is 0 Å². The number of carbonyl (C=O) groups is 4. The number of halogens is 2. The summed E-state index contributed by atoms with van der Waals surface area (Å²) in [6, 6.07) is 10.4. The van der Waals surface area contributed by atoms with Crippen LogP contribution in [0.3, 0.4) is 0 Å². The molecule has 3 fully saturated rings. The zero-order valence-electron chi connectivity index (χ0n) is 19.0. The molecular weight excluding hydrogens is 491 g/mol. The van der Waals surface area contributed by atoms with E-state index < -0.39 is 45.2 Å². The number of hydrogen-bond acceptors (Lipinski definition) is 5. The Morgan fingerprint density at radius 1 is 0.886 bits per heavy atom. The number of fused-ring (bicyclic) bond motifs is 5. The van der Waals surface area contributed by atoms with Gasteiger partial charge in [-0.25, -0.2) is 0 Å². The summed E-state index contributed by atoms with van der Waals surface area (Å²) in [5.74, 6) is -4.30. The molecule has 2 aliphatic carbocycles. The number of likely N-dealkylation sites (tertiary alicyclic amines) is 2. The van der Waals surface area contributed by atoms with Crippen molar-refractivity contribution in [2.45, 2.75) is 28.5 Å². The number of imide groups is 2. The highest BCUT2D eigenvalue weighted by molar-refractivity contribution is 6.53. The maximum atomic E-state index is 13.6. The summed E-state index contributed by atoms with van der Waals surface area (Å²) in [6.45, 7) is 0. The van der Waals surface area contributed by atoms with Crippen molar-refractivity contribution >= 4 is 57.6 Å². The molecule has 2 heterocycles. The van der Waals surface area contributed by atoms with Crippen molar-refractivity contribution in [2.75, 3.05) is 14.1 Å². The van der Waals surface area contributed by atoms with Crippen LogP contribution < -0.4 is 0 Å². The van der Waals surface area contributed by atoms with E-state index in [2.05, 4.69) is 0 Å². The zero-order chi connectivity index (χ0) is 25.0. The largest absolute Gasteiger partial charge is 0.507 e. The monoisotopic (exact) mass is 512 g/mol. The van der Waals surface area contributed by atoms with E-state index in [1.54, 1.807) is 18.2 Å². The fourth-order valence-electron chi connectivity index (χ4n) is 6.81. The number of aromatic hydroxyl groups is 1. The van der Waals surface area contributed by atoms with Gasteiger partial charge in [0.15, 0.2) is 9.75 Å². The van der Waals surface area contributed by atoms with Crippen LogP contribution in [0.4, 0.5) is 0 Å². The smallest absolute Gasteiger partial charge is 0.253 e. The Kier molecular flexibility index (Phi) is 4.56. The molecule has 35 heavy (non-hydrogen) atoms. The van der Waals surface area contributed by atoms with Crippen LogP contribution in [0.15, 0.2) is 48.0 Å². The highest BCUT2D eigenvalue weighted by Crippen LogP contribution is 2.65. The molecule has 4 aliphatic rings. The Labute approximate surface area is 211 Å². The summed E-state index contributed by atoms with van der Waals surface area (Å²) in [6.07, 6.45) is 2.21. The van der Waals surface area contributed by atoms with Gasteiger partial charge in [0.25, 0.3) is 11.8 Å². The molecule has 9 heteroatoms. The van der Waals surface area contributed by atoms with Crippen LogP contribution in [0.2, 0.25) is 0 Å². The van der Waals surface area contributed by atoms with Gasteiger partial charge in [0.05, 0.1) is 11.8 Å². The normalized spacial score (nSPS) is 36.4. The minimum absolute atomic E-state index is 0.0284. The molecule has 0 aromatic heterocycles. The van der Waals surface area contributed by atoms with E-state index in [1.807, 2.05) is 18.2 Å². The van der Waals surface area contributed by atoms with Crippen molar-refractivity contribution in [3.63, 3.8) is 0 Å². The van der Waals surface area contributed by atoms with Crippen LogP contribution in [0, 0.1) is 17.8 Å². The standard InChI is InChI=1S/C26H22Cl2N2O5/c1-29-21(32)16-8-7-15-17(19(16)22(29)33)11-25(27)23(34)30(2)24(35)26(25,28)20(15)14-9-10-18(31)13-6-4-3-5-12(13)14/h3-7,9-10,16-17,19-20,31H,8,11H2,1-2H3/t16-,17+,19-,20-,25+,26-/m0/s1. The summed E-state index contributed by atoms with van der Waals surface area (Å²) in [4.78, 5) is 51.5. The Bertz CT molecular complexity index is 1410. The van der Waals surface area contributed by atoms with Crippen molar-refractivity contribution < 1.29 is 24.3 Å². The van der Waals surface area contributed by atoms with Gasteiger partial charge in [-0.05, 0) is 35.8 Å². The molecule has 7 nitrogen and oxygen atoms in total. The van der Waals surface area contributed by atoms with Gasteiger partial charge in [-0.3, -0.25) is 29.0 Å². The lowest BCUT2D eigenvalue weighted by molar-refractivity contribution is -0.140. The number of alkyl halides is 2. The summed E-state index contributed by atoms with van der Waals surface area (Å²) >= 11 is 14.3. The van der Waals surface area contributed by atoms with Crippen LogP contribution in [0.5, 0.6) is 5.75 Å². The maximum absolute atomic E-state index is 13.6. The third kappa shape index (κ3) is 2.53. The number of nitrogens with zero attached hydrogens (tertiary/aromatic N) is 2. The first-order valence-corrected chi connectivity index (χ1v) is 12.2. The molecular formula is C26H22Cl2N2O5. The number of rotatable bonds is 1. The maximum Gasteiger partial charge on any atom is 0.253 e. The SMILES string of the molecule is CN1C(=O)[C@H]2[C@H](CC=C3[C@H]2C[C@@]2(Cl)C(=O)N(C)C(=O)[C@@]2(Cl)[C@H]3c2ccc(O)c3ccccc23)C1=O. The van der Waals surface area contributed by atoms with Crippen LogP contribution in [-0.2, 0) is 19.2 Å². The topological polar surface area (TPSA) is 95.0 Å². The summed E-state index contributed by atoms with van der Waals surface area (Å²) in [5, 5.41) is 11.7. The molecule has 0 spiro atoms. The van der Waals surface area contributed by atoms with Crippen molar-refractivity contribution in [3.8, 4) is 5.75 Å². The molecule has 1 N–H and O–H groups in total. The number of phenols is 1. The van der Waals surface area contributed by atoms with Gasteiger partial charge in [-0.1, -0.05) is 42.0 Å². The Hall–Kier alpha value is -2.90. The molecule has 6 atom stereocenters. The fourth-order valence-corrected chi connectivity index (χ4v) is 7.82. The number of carbonyl (C=O) groups excluding carboxylic acids is 4. The minimum Gasteiger partial charge on any atom is -0.507 e. The first-order valence-electron chi connectivity index (χ1n) is 11.5. The van der Waals surface area contributed by atoms with E-state index in [1.165, 1.54) is 20.2 Å². The first-order chi connectivity index (χ1) is 16.5. The van der Waals surface area contributed by atoms with Gasteiger partial charge in [0.2, 0.25) is 11.8 Å². The second kappa shape index (κ2) is 7.08. The number of phenolic OH excluding ortho intramolecular Hbond substituents is 1. The second-order valence-corrected chi connectivity index (χ2v) is 11.2. The summed E-state index contributed by atoms with van der Waals surface area (Å²) < 4.78 is 0. The van der Waals surface area contributed by atoms with Crippen LogP contribution in [0.25, 0.3) is 10.8 Å². The van der Waals surface area contributed by atoms with Crippen molar-refractivity contribution in [3.05, 3.63) is 53.6 Å². The molecule has 0 radical (unpaired) electrons. The summed E-state index contributed by atoms with van der Waals surface area (Å²) in [7, 11) is 2.83. The highest BCUT2D eigenvalue weighted by atomic mass is 35.5. The van der Waals surface area contributed by atoms with E-state index in [0.717, 1.165) is 15.4 Å². The molecule has 1 saturated carbocycles. The van der Waals surface area contributed by atoms with Gasteiger partial charge in [-0.2, -0.15) is 0 Å². The van der Waals surface area contributed by atoms with Crippen LogP contribution in [-0.4, -0.2) is 62.4 Å². The molecule has 6 rings (SSSR count). The third-order valence-corrected chi connectivity index (χ3v) is 9.89. The quantitative estimate of drug-likeness (QED) is 0.359. The molecule has 2 saturated heterocycles. The molecule has 0 unspecified atom stereocenters. The van der Waals surface area contributed by atoms with Gasteiger partial charge in [0.1, 0.15) is 5.75 Å². The van der Waals surface area contributed by atoms with Crippen molar-refractivity contribution in [2.24, 2.45) is 17.8 Å². The molecule has 0 bridgehead atoms. The lowest BCUT2D eigenvalue weighted by atomic mass is 9.56. The average molecular weight is 513 g/mol. The molecule has 2 aromatic carbocycles. The predicted octanol–water partition coefficient (Wildman–Crippen LogP) is 3.16. The van der Waals surface area contributed by atoms with E-state index >= 15 is 0 Å². The van der Waals surface area contributed by atoms with Crippen molar-refractivity contribution in [1.82, 2.24) is 9.80 Å². The number of amides is 4. The third-order valence-electron chi connectivity index (χ3n) is 8.48. The van der Waals surface area contributed by atoms with E-state index in [9.17, 15) is 24.3 Å². The number of benzene rings is 2. The number of hydrogen-bond donors (Lipinski definition) is 1. The van der Waals surface area contributed by atoms with Gasteiger partial charge >= 0.3 is 0 Å². The lowest BCUT2D eigenvalue weighted by Gasteiger charge is -2.51. The molecule has 2 aromatic rings.